The monoisotopic (exact) mass is 367 g/mol. The summed E-state index contributed by atoms with van der Waals surface area (Å²) < 4.78 is 7.35. The minimum Gasteiger partial charge on any atom is -0.384 e. The first-order valence-electron chi connectivity index (χ1n) is 8.96. The summed E-state index contributed by atoms with van der Waals surface area (Å²) >= 11 is 0. The molecule has 0 amide bonds. The van der Waals surface area contributed by atoms with Crippen molar-refractivity contribution in [3.63, 3.8) is 0 Å². The first kappa shape index (κ1) is 20.3. The molecule has 0 radical (unpaired) electrons. The smallest absolute Gasteiger partial charge is 0.332 e. The van der Waals surface area contributed by atoms with E-state index in [0.29, 0.717) is 19.6 Å². The maximum Gasteiger partial charge on any atom is 0.332 e. The van der Waals surface area contributed by atoms with Crippen LogP contribution in [0.2, 0.25) is 0 Å². The number of rotatable bonds is 8. The van der Waals surface area contributed by atoms with Gasteiger partial charge in [-0.2, -0.15) is 0 Å². The number of nitrogens with two attached hydrogens (primary N) is 1. The molecule has 2 N–H and O–H groups in total. The number of aromatic nitrogens is 2. The van der Waals surface area contributed by atoms with Gasteiger partial charge in [-0.3, -0.25) is 28.5 Å². The summed E-state index contributed by atoms with van der Waals surface area (Å²) in [7, 11) is 3.05. The van der Waals surface area contributed by atoms with E-state index in [1.807, 2.05) is 11.8 Å². The molecule has 1 saturated heterocycles. The van der Waals surface area contributed by atoms with E-state index in [4.69, 9.17) is 10.5 Å². The number of carbonyl (C=O) groups excluding carboxylic acids is 1. The lowest BCUT2D eigenvalue weighted by molar-refractivity contribution is 0.0786. The molecule has 9 nitrogen and oxygen atoms in total. The molecule has 0 saturated carbocycles. The molecule has 2 rings (SSSR count). The largest absolute Gasteiger partial charge is 0.384 e. The van der Waals surface area contributed by atoms with Crippen molar-refractivity contribution in [1.29, 1.82) is 0 Å². The van der Waals surface area contributed by atoms with Crippen LogP contribution in [0, 0.1) is 0 Å². The number of carbonyl (C=O) groups is 1. The van der Waals surface area contributed by atoms with E-state index < -0.39 is 11.2 Å². The van der Waals surface area contributed by atoms with Gasteiger partial charge in [-0.1, -0.05) is 6.92 Å². The Morgan fingerprint density at radius 1 is 1.12 bits per heavy atom. The third-order valence-electron chi connectivity index (χ3n) is 4.75. The Morgan fingerprint density at radius 3 is 2.31 bits per heavy atom. The van der Waals surface area contributed by atoms with Crippen LogP contribution in [0.5, 0.6) is 0 Å². The molecule has 1 fully saturated rings. The molecular weight excluding hydrogens is 338 g/mol. The van der Waals surface area contributed by atoms with Crippen LogP contribution in [0.25, 0.3) is 0 Å². The lowest BCUT2D eigenvalue weighted by Crippen LogP contribution is -2.49. The first-order chi connectivity index (χ1) is 12.4. The number of anilines is 1. The van der Waals surface area contributed by atoms with Crippen molar-refractivity contribution >= 4 is 11.6 Å². The van der Waals surface area contributed by atoms with Gasteiger partial charge in [0, 0.05) is 53.4 Å². The maximum atomic E-state index is 12.7. The highest BCUT2D eigenvalue weighted by atomic mass is 16.5. The molecular formula is C17H29N5O4. The maximum absolute atomic E-state index is 12.7. The molecule has 9 heteroatoms. The van der Waals surface area contributed by atoms with Crippen LogP contribution >= 0.6 is 0 Å². The van der Waals surface area contributed by atoms with Crippen LogP contribution in [0.15, 0.2) is 9.59 Å². The SMILES string of the molecule is CCCn1c(N)c(C(=O)CN2CCN(CCOC)CC2)c(=O)n(C)c1=O. The van der Waals surface area contributed by atoms with Gasteiger partial charge in [-0.25, -0.2) is 4.79 Å². The Kier molecular flexibility index (Phi) is 7.13. The first-order valence-corrected chi connectivity index (χ1v) is 8.96. The van der Waals surface area contributed by atoms with Crippen LogP contribution in [-0.4, -0.2) is 77.7 Å². The summed E-state index contributed by atoms with van der Waals surface area (Å²) in [5, 5.41) is 0. The number of hydrogen-bond acceptors (Lipinski definition) is 7. The second-order valence-electron chi connectivity index (χ2n) is 6.59. The zero-order chi connectivity index (χ0) is 19.3. The standard InChI is InChI=1S/C17H29N5O4/c1-4-5-22-15(18)14(16(24)19(2)17(22)25)13(23)12-21-8-6-20(7-9-21)10-11-26-3/h4-12,18H2,1-3H3. The molecule has 0 unspecified atom stereocenters. The number of hydrogen-bond donors (Lipinski definition) is 1. The minimum atomic E-state index is -0.622. The topological polar surface area (TPSA) is 103 Å². The normalized spacial score (nSPS) is 16.1. The summed E-state index contributed by atoms with van der Waals surface area (Å²) in [5.74, 6) is -0.359. The Bertz CT molecular complexity index is 747. The molecule has 1 aliphatic rings. The number of ketones is 1. The van der Waals surface area contributed by atoms with Gasteiger partial charge in [0.05, 0.1) is 13.2 Å². The van der Waals surface area contributed by atoms with Crippen LogP contribution in [0.4, 0.5) is 5.82 Å². The number of methoxy groups -OCH3 is 1. The summed E-state index contributed by atoms with van der Waals surface area (Å²) in [6.45, 7) is 7.13. The Labute approximate surface area is 152 Å². The van der Waals surface area contributed by atoms with Crippen LogP contribution in [0.3, 0.4) is 0 Å². The van der Waals surface area contributed by atoms with Crippen LogP contribution in [0.1, 0.15) is 23.7 Å². The van der Waals surface area contributed by atoms with Gasteiger partial charge >= 0.3 is 5.69 Å². The fourth-order valence-corrected chi connectivity index (χ4v) is 3.16. The summed E-state index contributed by atoms with van der Waals surface area (Å²) in [6.07, 6.45) is 0.680. The second kappa shape index (κ2) is 9.11. The fraction of sp³-hybridized carbons (Fsp3) is 0.706. The zero-order valence-electron chi connectivity index (χ0n) is 15.9. The van der Waals surface area contributed by atoms with E-state index in [9.17, 15) is 14.4 Å². The Hall–Kier alpha value is -1.97. The van der Waals surface area contributed by atoms with Gasteiger partial charge in [0.1, 0.15) is 11.4 Å². The van der Waals surface area contributed by atoms with E-state index in [-0.39, 0.29) is 23.7 Å². The second-order valence-corrected chi connectivity index (χ2v) is 6.59. The Morgan fingerprint density at radius 2 is 1.73 bits per heavy atom. The van der Waals surface area contributed by atoms with Crippen molar-refractivity contribution in [3.05, 3.63) is 26.4 Å². The van der Waals surface area contributed by atoms with Gasteiger partial charge in [-0.05, 0) is 6.42 Å². The van der Waals surface area contributed by atoms with E-state index in [1.54, 1.807) is 7.11 Å². The van der Waals surface area contributed by atoms with Crippen LogP contribution < -0.4 is 17.0 Å². The number of ether oxygens (including phenoxy) is 1. The van der Waals surface area contributed by atoms with Crippen molar-refractivity contribution < 1.29 is 9.53 Å². The highest BCUT2D eigenvalue weighted by molar-refractivity contribution is 6.01. The highest BCUT2D eigenvalue weighted by Crippen LogP contribution is 2.09. The molecule has 1 aromatic heterocycles. The summed E-state index contributed by atoms with van der Waals surface area (Å²) in [5.41, 5.74) is 4.82. The van der Waals surface area contributed by atoms with Gasteiger partial charge in [-0.15, -0.1) is 0 Å². The van der Waals surface area contributed by atoms with Crippen molar-refractivity contribution in [2.24, 2.45) is 7.05 Å². The number of nitrogen functional groups attached to an aromatic ring is 1. The highest BCUT2D eigenvalue weighted by Gasteiger charge is 2.25. The zero-order valence-corrected chi connectivity index (χ0v) is 15.9. The predicted octanol–water partition coefficient (Wildman–Crippen LogP) is -1.01. The van der Waals surface area contributed by atoms with Gasteiger partial charge in [0.25, 0.3) is 5.56 Å². The fourth-order valence-electron chi connectivity index (χ4n) is 3.16. The predicted molar refractivity (Wildman–Crippen MR) is 99.7 cm³/mol. The molecule has 0 atom stereocenters. The average Bonchev–Trinajstić information content (AvgIpc) is 2.63. The van der Waals surface area contributed by atoms with Crippen LogP contribution in [-0.2, 0) is 18.3 Å². The average molecular weight is 367 g/mol. The molecule has 0 aliphatic carbocycles. The lowest BCUT2D eigenvalue weighted by Gasteiger charge is -2.34. The minimum absolute atomic E-state index is 0.0244. The van der Waals surface area contributed by atoms with E-state index in [0.717, 1.165) is 37.3 Å². The van der Waals surface area contributed by atoms with E-state index >= 15 is 0 Å². The molecule has 2 heterocycles. The van der Waals surface area contributed by atoms with Crippen molar-refractivity contribution in [3.8, 4) is 0 Å². The number of nitrogens with zero attached hydrogens (tertiary/aromatic N) is 4. The lowest BCUT2D eigenvalue weighted by atomic mass is 10.1. The van der Waals surface area contributed by atoms with Gasteiger partial charge in [0.15, 0.2) is 5.78 Å². The molecule has 0 aromatic carbocycles. The van der Waals surface area contributed by atoms with Gasteiger partial charge in [0.2, 0.25) is 0 Å². The van der Waals surface area contributed by atoms with E-state index in [1.165, 1.54) is 11.6 Å². The van der Waals surface area contributed by atoms with Crippen molar-refractivity contribution in [2.45, 2.75) is 19.9 Å². The van der Waals surface area contributed by atoms with E-state index in [2.05, 4.69) is 4.90 Å². The Balaban J connectivity index is 2.13. The molecule has 0 spiro atoms. The van der Waals surface area contributed by atoms with Crippen molar-refractivity contribution in [2.75, 3.05) is 58.7 Å². The third-order valence-corrected chi connectivity index (χ3v) is 4.75. The summed E-state index contributed by atoms with van der Waals surface area (Å²) in [4.78, 5) is 41.7. The third kappa shape index (κ3) is 4.40. The molecule has 146 valence electrons. The molecule has 0 bridgehead atoms. The number of Topliss-reactive ketones (excluding diaryl/α,β-unsaturated/α-hetero) is 1. The van der Waals surface area contributed by atoms with Crippen molar-refractivity contribution in [1.82, 2.24) is 18.9 Å². The quantitative estimate of drug-likeness (QED) is 0.587. The van der Waals surface area contributed by atoms with Gasteiger partial charge < -0.3 is 10.5 Å². The molecule has 1 aliphatic heterocycles. The number of piperazine rings is 1. The molecule has 1 aromatic rings. The molecule has 26 heavy (non-hydrogen) atoms. The summed E-state index contributed by atoms with van der Waals surface area (Å²) in [6, 6.07) is 0.